The van der Waals surface area contributed by atoms with E-state index in [0.717, 1.165) is 12.2 Å². The molecule has 0 fully saturated rings. The number of nitrogen functional groups attached to an aromatic ring is 1. The van der Waals surface area contributed by atoms with Crippen LogP contribution in [0.2, 0.25) is 0 Å². The highest BCUT2D eigenvalue weighted by molar-refractivity contribution is 7.98. The smallest absolute Gasteiger partial charge is 0.0341 e. The molecule has 90 valence electrons. The Morgan fingerprint density at radius 2 is 1.75 bits per heavy atom. The van der Waals surface area contributed by atoms with Crippen molar-refractivity contribution in [2.75, 3.05) is 29.6 Å². The molecule has 3 N–H and O–H groups in total. The average Bonchev–Trinajstić information content (AvgIpc) is 2.30. The maximum atomic E-state index is 5.62. The van der Waals surface area contributed by atoms with E-state index in [0.29, 0.717) is 0 Å². The Kier molecular flexibility index (Phi) is 6.90. The van der Waals surface area contributed by atoms with Gasteiger partial charge in [-0.2, -0.15) is 11.8 Å². The Balaban J connectivity index is 2.01. The van der Waals surface area contributed by atoms with Crippen LogP contribution in [0.1, 0.15) is 25.7 Å². The standard InChI is InChI=1S/C13H22N2S/c1-16-11-5-3-2-4-10-15-13-8-6-12(14)7-9-13/h6-9,15H,2-5,10-11,14H2,1H3. The lowest BCUT2D eigenvalue weighted by molar-refractivity contribution is 0.689. The van der Waals surface area contributed by atoms with Crippen LogP contribution in [0.25, 0.3) is 0 Å². The summed E-state index contributed by atoms with van der Waals surface area (Å²) in [5.41, 5.74) is 7.61. The third-order valence-electron chi connectivity index (χ3n) is 2.52. The quantitative estimate of drug-likeness (QED) is 0.537. The van der Waals surface area contributed by atoms with E-state index >= 15 is 0 Å². The van der Waals surface area contributed by atoms with Crippen LogP contribution < -0.4 is 11.1 Å². The summed E-state index contributed by atoms with van der Waals surface area (Å²) in [6.07, 6.45) is 7.44. The zero-order chi connectivity index (χ0) is 11.6. The summed E-state index contributed by atoms with van der Waals surface area (Å²) < 4.78 is 0. The molecular weight excluding hydrogens is 216 g/mol. The first-order valence-electron chi connectivity index (χ1n) is 5.91. The molecule has 1 aromatic rings. The van der Waals surface area contributed by atoms with E-state index in [1.807, 2.05) is 36.0 Å². The fraction of sp³-hybridized carbons (Fsp3) is 0.538. The average molecular weight is 238 g/mol. The minimum absolute atomic E-state index is 0.822. The predicted octanol–water partition coefficient (Wildman–Crippen LogP) is 3.60. The van der Waals surface area contributed by atoms with Crippen LogP contribution >= 0.6 is 11.8 Å². The van der Waals surface area contributed by atoms with Gasteiger partial charge in [-0.3, -0.25) is 0 Å². The molecule has 0 heterocycles. The van der Waals surface area contributed by atoms with Crippen molar-refractivity contribution >= 4 is 23.1 Å². The van der Waals surface area contributed by atoms with Crippen molar-refractivity contribution in [2.45, 2.75) is 25.7 Å². The van der Waals surface area contributed by atoms with Crippen molar-refractivity contribution in [1.29, 1.82) is 0 Å². The Morgan fingerprint density at radius 3 is 2.44 bits per heavy atom. The molecule has 0 aliphatic carbocycles. The van der Waals surface area contributed by atoms with E-state index < -0.39 is 0 Å². The number of rotatable bonds is 8. The number of nitrogens with two attached hydrogens (primary N) is 1. The lowest BCUT2D eigenvalue weighted by Gasteiger charge is -2.06. The summed E-state index contributed by atoms with van der Waals surface area (Å²) in [4.78, 5) is 0. The van der Waals surface area contributed by atoms with Gasteiger partial charge in [-0.25, -0.2) is 0 Å². The number of hydrogen-bond acceptors (Lipinski definition) is 3. The molecule has 0 aliphatic heterocycles. The normalized spacial score (nSPS) is 10.3. The van der Waals surface area contributed by atoms with Crippen molar-refractivity contribution < 1.29 is 0 Å². The summed E-state index contributed by atoms with van der Waals surface area (Å²) in [5.74, 6) is 1.30. The second kappa shape index (κ2) is 8.34. The van der Waals surface area contributed by atoms with Crippen molar-refractivity contribution in [2.24, 2.45) is 0 Å². The molecule has 16 heavy (non-hydrogen) atoms. The second-order valence-corrected chi connectivity index (χ2v) is 4.94. The lowest BCUT2D eigenvalue weighted by atomic mass is 10.2. The molecular formula is C13H22N2S. The minimum atomic E-state index is 0.822. The van der Waals surface area contributed by atoms with Gasteiger partial charge < -0.3 is 11.1 Å². The third kappa shape index (κ3) is 5.91. The lowest BCUT2D eigenvalue weighted by Crippen LogP contribution is -2.01. The maximum absolute atomic E-state index is 5.62. The van der Waals surface area contributed by atoms with Gasteiger partial charge in [-0.05, 0) is 49.1 Å². The van der Waals surface area contributed by atoms with Gasteiger partial charge in [-0.15, -0.1) is 0 Å². The highest BCUT2D eigenvalue weighted by atomic mass is 32.2. The predicted molar refractivity (Wildman–Crippen MR) is 76.2 cm³/mol. The van der Waals surface area contributed by atoms with Gasteiger partial charge in [-0.1, -0.05) is 12.8 Å². The molecule has 0 amide bonds. The second-order valence-electron chi connectivity index (χ2n) is 3.96. The maximum Gasteiger partial charge on any atom is 0.0341 e. The molecule has 0 aliphatic rings. The van der Waals surface area contributed by atoms with E-state index in [4.69, 9.17) is 5.73 Å². The summed E-state index contributed by atoms with van der Waals surface area (Å²) in [5, 5.41) is 3.40. The molecule has 0 atom stereocenters. The number of unbranched alkanes of at least 4 members (excludes halogenated alkanes) is 3. The van der Waals surface area contributed by atoms with Crippen LogP contribution in [0, 0.1) is 0 Å². The molecule has 2 nitrogen and oxygen atoms in total. The molecule has 0 aromatic heterocycles. The summed E-state index contributed by atoms with van der Waals surface area (Å²) in [6, 6.07) is 7.92. The van der Waals surface area contributed by atoms with Crippen LogP contribution in [0.3, 0.4) is 0 Å². The molecule has 0 saturated heterocycles. The molecule has 0 bridgehead atoms. The molecule has 0 saturated carbocycles. The zero-order valence-electron chi connectivity index (χ0n) is 10.0. The molecule has 3 heteroatoms. The topological polar surface area (TPSA) is 38.0 Å². The van der Waals surface area contributed by atoms with Crippen molar-refractivity contribution in [3.63, 3.8) is 0 Å². The molecule has 1 rings (SSSR count). The zero-order valence-corrected chi connectivity index (χ0v) is 10.9. The highest BCUT2D eigenvalue weighted by Crippen LogP contribution is 2.11. The van der Waals surface area contributed by atoms with E-state index in [1.54, 1.807) is 0 Å². The number of thioether (sulfide) groups is 1. The van der Waals surface area contributed by atoms with E-state index in [-0.39, 0.29) is 0 Å². The summed E-state index contributed by atoms with van der Waals surface area (Å²) >= 11 is 1.94. The van der Waals surface area contributed by atoms with Crippen molar-refractivity contribution in [1.82, 2.24) is 0 Å². The van der Waals surface area contributed by atoms with Gasteiger partial charge in [0, 0.05) is 17.9 Å². The number of hydrogen-bond donors (Lipinski definition) is 2. The van der Waals surface area contributed by atoms with E-state index in [1.165, 1.54) is 37.1 Å². The van der Waals surface area contributed by atoms with Gasteiger partial charge in [0.2, 0.25) is 0 Å². The summed E-state index contributed by atoms with van der Waals surface area (Å²) in [6.45, 7) is 1.06. The van der Waals surface area contributed by atoms with Gasteiger partial charge >= 0.3 is 0 Å². The largest absolute Gasteiger partial charge is 0.399 e. The van der Waals surface area contributed by atoms with Crippen LogP contribution in [0.5, 0.6) is 0 Å². The molecule has 1 aromatic carbocycles. The number of anilines is 2. The van der Waals surface area contributed by atoms with Crippen LogP contribution in [0.4, 0.5) is 11.4 Å². The molecule has 0 radical (unpaired) electrons. The monoisotopic (exact) mass is 238 g/mol. The SMILES string of the molecule is CSCCCCCCNc1ccc(N)cc1. The van der Waals surface area contributed by atoms with Crippen molar-refractivity contribution in [3.8, 4) is 0 Å². The Labute approximate surface area is 103 Å². The van der Waals surface area contributed by atoms with Crippen LogP contribution in [0.15, 0.2) is 24.3 Å². The van der Waals surface area contributed by atoms with Crippen molar-refractivity contribution in [3.05, 3.63) is 24.3 Å². The first kappa shape index (κ1) is 13.2. The van der Waals surface area contributed by atoms with Crippen LogP contribution in [-0.4, -0.2) is 18.6 Å². The minimum Gasteiger partial charge on any atom is -0.399 e. The highest BCUT2D eigenvalue weighted by Gasteiger charge is 1.92. The Hall–Kier alpha value is -0.830. The first-order chi connectivity index (χ1) is 7.83. The molecule has 0 spiro atoms. The van der Waals surface area contributed by atoms with E-state index in [9.17, 15) is 0 Å². The Bertz CT molecular complexity index is 272. The molecule has 0 unspecified atom stereocenters. The van der Waals surface area contributed by atoms with Crippen LogP contribution in [-0.2, 0) is 0 Å². The van der Waals surface area contributed by atoms with Gasteiger partial charge in [0.25, 0.3) is 0 Å². The fourth-order valence-corrected chi connectivity index (χ4v) is 2.05. The van der Waals surface area contributed by atoms with E-state index in [2.05, 4.69) is 11.6 Å². The first-order valence-corrected chi connectivity index (χ1v) is 7.30. The Morgan fingerprint density at radius 1 is 1.06 bits per heavy atom. The van der Waals surface area contributed by atoms with Gasteiger partial charge in [0.15, 0.2) is 0 Å². The number of benzene rings is 1. The number of nitrogens with one attached hydrogen (secondary N) is 1. The van der Waals surface area contributed by atoms with Gasteiger partial charge in [0.1, 0.15) is 0 Å². The van der Waals surface area contributed by atoms with Gasteiger partial charge in [0.05, 0.1) is 0 Å². The fourth-order valence-electron chi connectivity index (χ4n) is 1.56. The summed E-state index contributed by atoms with van der Waals surface area (Å²) in [7, 11) is 0. The third-order valence-corrected chi connectivity index (χ3v) is 3.21.